The summed E-state index contributed by atoms with van der Waals surface area (Å²) in [6.07, 6.45) is 3.91. The molecule has 0 saturated heterocycles. The van der Waals surface area contributed by atoms with E-state index in [1.807, 2.05) is 82.1 Å². The van der Waals surface area contributed by atoms with Gasteiger partial charge in [0.25, 0.3) is 0 Å². The Hall–Kier alpha value is -3.19. The maximum Gasteiger partial charge on any atom is 0.137 e. The molecule has 8 heteroatoms. The molecule has 0 aliphatic carbocycles. The van der Waals surface area contributed by atoms with E-state index in [9.17, 15) is 0 Å². The number of benzene rings is 2. The second-order valence-electron chi connectivity index (χ2n) is 7.40. The molecule has 160 valence electrons. The third-order valence-corrected chi connectivity index (χ3v) is 5.80. The van der Waals surface area contributed by atoms with E-state index in [0.717, 1.165) is 39.4 Å². The molecule has 0 bridgehead atoms. The van der Waals surface area contributed by atoms with Crippen molar-refractivity contribution in [1.29, 1.82) is 0 Å². The van der Waals surface area contributed by atoms with E-state index >= 15 is 0 Å². The van der Waals surface area contributed by atoms with Crippen molar-refractivity contribution in [3.05, 3.63) is 94.2 Å². The number of pyridine rings is 1. The number of hydrogen-bond donors (Lipinski definition) is 0. The van der Waals surface area contributed by atoms with Gasteiger partial charge in [-0.25, -0.2) is 9.67 Å². The zero-order valence-corrected chi connectivity index (χ0v) is 18.8. The van der Waals surface area contributed by atoms with Gasteiger partial charge in [-0.05, 0) is 41.5 Å². The van der Waals surface area contributed by atoms with Crippen molar-refractivity contribution in [2.24, 2.45) is 0 Å². The van der Waals surface area contributed by atoms with Crippen LogP contribution in [0.1, 0.15) is 11.1 Å². The highest BCUT2D eigenvalue weighted by Crippen LogP contribution is 2.32. The Morgan fingerprint density at radius 2 is 1.84 bits per heavy atom. The highest BCUT2D eigenvalue weighted by atomic mass is 35.5. The number of fused-ring (bicyclic) bond motifs is 1. The molecule has 5 aromatic rings. The first-order valence-corrected chi connectivity index (χ1v) is 10.8. The number of ether oxygens (including phenoxy) is 1. The predicted octanol–water partition coefficient (Wildman–Crippen LogP) is 5.76. The van der Waals surface area contributed by atoms with Crippen molar-refractivity contribution in [1.82, 2.24) is 24.4 Å². The molecule has 6 nitrogen and oxygen atoms in total. The highest BCUT2D eigenvalue weighted by Gasteiger charge is 2.18. The average Bonchev–Trinajstić information content (AvgIpc) is 3.41. The summed E-state index contributed by atoms with van der Waals surface area (Å²) >= 11 is 12.3. The van der Waals surface area contributed by atoms with Gasteiger partial charge in [0.2, 0.25) is 0 Å². The number of nitrogens with zero attached hydrogens (tertiary/aromatic N) is 5. The molecule has 0 unspecified atom stereocenters. The second-order valence-corrected chi connectivity index (χ2v) is 8.25. The standard InChI is InChI=1S/C24H19Cl2N5O/c1-32-15-18-12-16(5-10-20(18)26)13-30-14-21(28-29-30)24-23(17-6-8-19(25)9-7-17)27-22-4-2-3-11-31(22)24/h2-12,14H,13,15H2,1H3. The van der Waals surface area contributed by atoms with E-state index in [2.05, 4.69) is 10.3 Å². The van der Waals surface area contributed by atoms with Gasteiger partial charge in [-0.3, -0.25) is 4.40 Å². The van der Waals surface area contributed by atoms with Crippen LogP contribution < -0.4 is 0 Å². The fraction of sp³-hybridized carbons (Fsp3) is 0.125. The predicted molar refractivity (Wildman–Crippen MR) is 126 cm³/mol. The smallest absolute Gasteiger partial charge is 0.137 e. The molecule has 32 heavy (non-hydrogen) atoms. The van der Waals surface area contributed by atoms with Crippen LogP contribution in [0.15, 0.2) is 73.1 Å². The lowest BCUT2D eigenvalue weighted by molar-refractivity contribution is 0.185. The van der Waals surface area contributed by atoms with E-state index in [1.54, 1.807) is 7.11 Å². The summed E-state index contributed by atoms with van der Waals surface area (Å²) in [5.74, 6) is 0. The normalized spacial score (nSPS) is 11.3. The van der Waals surface area contributed by atoms with Gasteiger partial charge in [0.15, 0.2) is 0 Å². The van der Waals surface area contributed by atoms with Crippen LogP contribution in [0.3, 0.4) is 0 Å². The molecule has 5 rings (SSSR count). The van der Waals surface area contributed by atoms with Crippen LogP contribution in [-0.4, -0.2) is 31.5 Å². The summed E-state index contributed by atoms with van der Waals surface area (Å²) in [7, 11) is 1.65. The first-order valence-electron chi connectivity index (χ1n) is 10.0. The lowest BCUT2D eigenvalue weighted by Gasteiger charge is -2.07. The summed E-state index contributed by atoms with van der Waals surface area (Å²) in [5, 5.41) is 10.2. The van der Waals surface area contributed by atoms with E-state index < -0.39 is 0 Å². The van der Waals surface area contributed by atoms with Crippen LogP contribution in [0.2, 0.25) is 10.0 Å². The fourth-order valence-electron chi connectivity index (χ4n) is 3.71. The van der Waals surface area contributed by atoms with Gasteiger partial charge in [0.05, 0.1) is 25.0 Å². The summed E-state index contributed by atoms with van der Waals surface area (Å²) in [5.41, 5.74) is 6.25. The molecular weight excluding hydrogens is 445 g/mol. The minimum atomic E-state index is 0.460. The van der Waals surface area contributed by atoms with Crippen LogP contribution >= 0.6 is 23.2 Å². The van der Waals surface area contributed by atoms with E-state index in [0.29, 0.717) is 23.2 Å². The zero-order chi connectivity index (χ0) is 22.1. The van der Waals surface area contributed by atoms with Gasteiger partial charge in [0.1, 0.15) is 17.0 Å². The van der Waals surface area contributed by atoms with Gasteiger partial charge in [0, 0.05) is 28.9 Å². The van der Waals surface area contributed by atoms with Crippen molar-refractivity contribution < 1.29 is 4.74 Å². The molecular formula is C24H19Cl2N5O. The quantitative estimate of drug-likeness (QED) is 0.321. The van der Waals surface area contributed by atoms with Crippen molar-refractivity contribution in [2.45, 2.75) is 13.2 Å². The lowest BCUT2D eigenvalue weighted by atomic mass is 10.1. The lowest BCUT2D eigenvalue weighted by Crippen LogP contribution is -2.01. The van der Waals surface area contributed by atoms with Gasteiger partial charge < -0.3 is 4.74 Å². The Bertz CT molecular complexity index is 1390. The van der Waals surface area contributed by atoms with Gasteiger partial charge >= 0.3 is 0 Å². The second kappa shape index (κ2) is 8.74. The third-order valence-electron chi connectivity index (χ3n) is 5.18. The molecule has 2 aromatic carbocycles. The summed E-state index contributed by atoms with van der Waals surface area (Å²) < 4.78 is 9.07. The van der Waals surface area contributed by atoms with Gasteiger partial charge in [-0.2, -0.15) is 0 Å². The SMILES string of the molecule is COCc1cc(Cn2cc(-c3c(-c4ccc(Cl)cc4)nc4ccccn34)nn2)ccc1Cl. The molecule has 0 saturated carbocycles. The maximum absolute atomic E-state index is 6.26. The molecule has 0 aliphatic heterocycles. The summed E-state index contributed by atoms with van der Waals surface area (Å²) in [4.78, 5) is 4.84. The molecule has 0 N–H and O–H groups in total. The number of halogens is 2. The molecule has 0 amide bonds. The minimum absolute atomic E-state index is 0.460. The van der Waals surface area contributed by atoms with E-state index in [4.69, 9.17) is 32.9 Å². The Kier molecular flexibility index (Phi) is 5.66. The average molecular weight is 464 g/mol. The van der Waals surface area contributed by atoms with Crippen molar-refractivity contribution in [2.75, 3.05) is 7.11 Å². The fourth-order valence-corrected chi connectivity index (χ4v) is 4.01. The highest BCUT2D eigenvalue weighted by molar-refractivity contribution is 6.31. The van der Waals surface area contributed by atoms with Gasteiger partial charge in [-0.1, -0.05) is 58.7 Å². The Morgan fingerprint density at radius 3 is 2.66 bits per heavy atom. The monoisotopic (exact) mass is 463 g/mol. The van der Waals surface area contributed by atoms with Crippen LogP contribution in [0.5, 0.6) is 0 Å². The number of rotatable bonds is 6. The van der Waals surface area contributed by atoms with Crippen LogP contribution in [0, 0.1) is 0 Å². The Morgan fingerprint density at radius 1 is 1.00 bits per heavy atom. The first-order chi connectivity index (χ1) is 15.6. The summed E-state index contributed by atoms with van der Waals surface area (Å²) in [6.45, 7) is 1.02. The number of imidazole rings is 1. The number of aromatic nitrogens is 5. The van der Waals surface area contributed by atoms with Crippen LogP contribution in [-0.2, 0) is 17.9 Å². The van der Waals surface area contributed by atoms with Crippen molar-refractivity contribution >= 4 is 28.8 Å². The third kappa shape index (κ3) is 4.00. The Balaban J connectivity index is 1.54. The van der Waals surface area contributed by atoms with Crippen LogP contribution in [0.4, 0.5) is 0 Å². The van der Waals surface area contributed by atoms with Crippen LogP contribution in [0.25, 0.3) is 28.3 Å². The molecule has 0 radical (unpaired) electrons. The van der Waals surface area contributed by atoms with Crippen molar-refractivity contribution in [3.63, 3.8) is 0 Å². The molecule has 3 heterocycles. The van der Waals surface area contributed by atoms with E-state index in [-0.39, 0.29) is 0 Å². The topological polar surface area (TPSA) is 57.2 Å². The Labute approximate surface area is 195 Å². The first kappa shape index (κ1) is 20.7. The molecule has 0 fully saturated rings. The largest absolute Gasteiger partial charge is 0.380 e. The molecule has 0 aliphatic rings. The summed E-state index contributed by atoms with van der Waals surface area (Å²) in [6, 6.07) is 19.4. The number of methoxy groups -OCH3 is 1. The molecule has 0 spiro atoms. The molecule has 0 atom stereocenters. The van der Waals surface area contributed by atoms with Gasteiger partial charge in [-0.15, -0.1) is 5.10 Å². The molecule has 3 aromatic heterocycles. The zero-order valence-electron chi connectivity index (χ0n) is 17.2. The minimum Gasteiger partial charge on any atom is -0.380 e. The maximum atomic E-state index is 6.26. The van der Waals surface area contributed by atoms with Crippen molar-refractivity contribution in [3.8, 4) is 22.6 Å². The number of hydrogen-bond acceptors (Lipinski definition) is 4. The van der Waals surface area contributed by atoms with E-state index in [1.165, 1.54) is 0 Å².